The summed E-state index contributed by atoms with van der Waals surface area (Å²) in [5.41, 5.74) is -0.390. The van der Waals surface area contributed by atoms with Crippen molar-refractivity contribution < 1.29 is 32.1 Å². The van der Waals surface area contributed by atoms with Gasteiger partial charge in [-0.25, -0.2) is 13.1 Å². The molecule has 15 heteroatoms. The number of piperidine rings is 2. The maximum Gasteiger partial charge on any atom is 0.296 e. The number of ether oxygens (including phenoxy) is 1. The lowest BCUT2D eigenvalue weighted by Crippen LogP contribution is -2.58. The monoisotopic (exact) mass is 758 g/mol. The molecule has 0 spiro atoms. The summed E-state index contributed by atoms with van der Waals surface area (Å²) in [6.07, 6.45) is 11.4. The van der Waals surface area contributed by atoms with Crippen molar-refractivity contribution >= 4 is 39.2 Å². The van der Waals surface area contributed by atoms with Crippen molar-refractivity contribution in [2.24, 2.45) is 17.8 Å². The Morgan fingerprint density at radius 1 is 1.04 bits per heavy atom. The first kappa shape index (κ1) is 37.4. The number of ketones is 1. The maximum atomic E-state index is 14.7. The third-order valence-corrected chi connectivity index (χ3v) is 12.8. The van der Waals surface area contributed by atoms with Gasteiger partial charge in [-0.05, 0) is 94.0 Å². The molecule has 3 heterocycles. The van der Waals surface area contributed by atoms with Gasteiger partial charge in [-0.1, -0.05) is 61.0 Å². The van der Waals surface area contributed by atoms with Crippen LogP contribution in [0.1, 0.15) is 111 Å². The van der Waals surface area contributed by atoms with E-state index in [2.05, 4.69) is 25.5 Å². The van der Waals surface area contributed by atoms with E-state index in [9.17, 15) is 22.8 Å². The SMILES string of the molecule is CS(=O)(=O)N[C@H](CCC1CCNCC1)C(=O)N1C[C@H](OCc2ccc(Cl)cc2)C2CC21C(=O)N[C@@H](CC1CCCCC1)C(=O)c1nc(C2CC2)no1. The molecule has 2 unspecified atom stereocenters. The van der Waals surface area contributed by atoms with E-state index in [1.54, 1.807) is 12.1 Å². The van der Waals surface area contributed by atoms with E-state index in [0.717, 1.165) is 82.7 Å². The highest BCUT2D eigenvalue weighted by Crippen LogP contribution is 2.57. The van der Waals surface area contributed by atoms with Gasteiger partial charge < -0.3 is 24.8 Å². The van der Waals surface area contributed by atoms with Gasteiger partial charge in [0.05, 0.1) is 25.0 Å². The van der Waals surface area contributed by atoms with Crippen LogP contribution >= 0.6 is 11.6 Å². The van der Waals surface area contributed by atoms with Crippen molar-refractivity contribution in [3.8, 4) is 0 Å². The van der Waals surface area contributed by atoms with Gasteiger partial charge in [-0.2, -0.15) is 4.98 Å². The summed E-state index contributed by atoms with van der Waals surface area (Å²) in [5, 5.41) is 11.1. The molecule has 2 aliphatic heterocycles. The van der Waals surface area contributed by atoms with E-state index in [4.69, 9.17) is 20.9 Å². The van der Waals surface area contributed by atoms with Crippen LogP contribution in [0.5, 0.6) is 0 Å². The second kappa shape index (κ2) is 15.8. The third kappa shape index (κ3) is 8.72. The van der Waals surface area contributed by atoms with Crippen LogP contribution in [-0.2, 0) is 31.0 Å². The summed E-state index contributed by atoms with van der Waals surface area (Å²) < 4.78 is 39.6. The van der Waals surface area contributed by atoms with Gasteiger partial charge in [0.1, 0.15) is 11.6 Å². The van der Waals surface area contributed by atoms with Crippen LogP contribution in [0, 0.1) is 17.8 Å². The first-order chi connectivity index (χ1) is 25.0. The number of hydrogen-bond acceptors (Lipinski definition) is 10. The summed E-state index contributed by atoms with van der Waals surface area (Å²) in [7, 11) is -3.76. The Balaban J connectivity index is 1.14. The van der Waals surface area contributed by atoms with E-state index in [1.165, 1.54) is 4.90 Å². The van der Waals surface area contributed by atoms with Gasteiger partial charge in [0.2, 0.25) is 27.6 Å². The molecule has 52 heavy (non-hydrogen) atoms. The predicted molar refractivity (Wildman–Crippen MR) is 193 cm³/mol. The molecule has 2 amide bonds. The number of Topliss-reactive ketones (excluding diaryl/α,β-unsaturated/α-hetero) is 1. The highest BCUT2D eigenvalue weighted by Gasteiger charge is 2.73. The van der Waals surface area contributed by atoms with Crippen molar-refractivity contribution in [2.75, 3.05) is 25.9 Å². The molecule has 0 bridgehead atoms. The largest absolute Gasteiger partial charge is 0.371 e. The molecule has 284 valence electrons. The molecular weight excluding hydrogens is 708 g/mol. The van der Waals surface area contributed by atoms with Crippen LogP contribution < -0.4 is 15.4 Å². The smallest absolute Gasteiger partial charge is 0.296 e. The summed E-state index contributed by atoms with van der Waals surface area (Å²) in [4.78, 5) is 49.2. The minimum Gasteiger partial charge on any atom is -0.371 e. The van der Waals surface area contributed by atoms with Crippen molar-refractivity contribution in [3.63, 3.8) is 0 Å². The summed E-state index contributed by atoms with van der Waals surface area (Å²) in [5.74, 6) is -0.397. The Morgan fingerprint density at radius 2 is 1.77 bits per heavy atom. The number of fused-ring (bicyclic) bond motifs is 1. The fraction of sp³-hybridized carbons (Fsp3) is 0.703. The zero-order valence-corrected chi connectivity index (χ0v) is 31.4. The van der Waals surface area contributed by atoms with Crippen molar-refractivity contribution in [3.05, 3.63) is 46.6 Å². The van der Waals surface area contributed by atoms with Crippen molar-refractivity contribution in [1.82, 2.24) is 30.4 Å². The van der Waals surface area contributed by atoms with Crippen LogP contribution in [0.3, 0.4) is 0 Å². The fourth-order valence-electron chi connectivity index (χ4n) is 8.63. The number of nitrogens with one attached hydrogen (secondary N) is 3. The molecule has 7 rings (SSSR count). The second-order valence-electron chi connectivity index (χ2n) is 15.7. The molecule has 2 saturated heterocycles. The lowest BCUT2D eigenvalue weighted by atomic mass is 9.84. The van der Waals surface area contributed by atoms with Gasteiger partial charge in [0, 0.05) is 23.4 Å². The van der Waals surface area contributed by atoms with Crippen LogP contribution in [-0.4, -0.2) is 90.7 Å². The van der Waals surface area contributed by atoms with Gasteiger partial charge >= 0.3 is 0 Å². The van der Waals surface area contributed by atoms with Crippen molar-refractivity contribution in [1.29, 1.82) is 0 Å². The van der Waals surface area contributed by atoms with E-state index in [0.29, 0.717) is 42.4 Å². The Labute approximate surface area is 310 Å². The number of halogens is 1. The van der Waals surface area contributed by atoms with Gasteiger partial charge in [-0.3, -0.25) is 14.4 Å². The summed E-state index contributed by atoms with van der Waals surface area (Å²) in [6.45, 7) is 2.15. The van der Waals surface area contributed by atoms with Crippen LogP contribution in [0.2, 0.25) is 5.02 Å². The van der Waals surface area contributed by atoms with E-state index in [1.807, 2.05) is 12.1 Å². The molecule has 3 aliphatic carbocycles. The molecule has 1 aromatic carbocycles. The van der Waals surface area contributed by atoms with E-state index >= 15 is 0 Å². The second-order valence-corrected chi connectivity index (χ2v) is 18.0. The predicted octanol–water partition coefficient (Wildman–Crippen LogP) is 4.12. The number of amides is 2. The number of sulfonamides is 1. The Hall–Kier alpha value is -2.91. The lowest BCUT2D eigenvalue weighted by Gasteiger charge is -2.33. The zero-order valence-electron chi connectivity index (χ0n) is 29.9. The minimum atomic E-state index is -3.76. The lowest BCUT2D eigenvalue weighted by molar-refractivity contribution is -0.143. The van der Waals surface area contributed by atoms with Crippen molar-refractivity contribution in [2.45, 2.75) is 120 Å². The number of likely N-dealkylation sites (tertiary alicyclic amines) is 1. The molecule has 5 fully saturated rings. The number of carbonyl (C=O) groups excluding carboxylic acids is 3. The molecular formula is C37H51ClN6O7S. The first-order valence-electron chi connectivity index (χ1n) is 19.0. The fourth-order valence-corrected chi connectivity index (χ4v) is 9.49. The van der Waals surface area contributed by atoms with Crippen LogP contribution in [0.4, 0.5) is 0 Å². The normalized spacial score (nSPS) is 26.5. The number of aromatic nitrogens is 2. The topological polar surface area (TPSA) is 173 Å². The first-order valence-corrected chi connectivity index (χ1v) is 21.3. The molecule has 5 aliphatic rings. The average molecular weight is 759 g/mol. The highest BCUT2D eigenvalue weighted by atomic mass is 35.5. The van der Waals surface area contributed by atoms with Gasteiger partial charge in [-0.15, -0.1) is 0 Å². The minimum absolute atomic E-state index is 0.105. The molecule has 13 nitrogen and oxygen atoms in total. The molecule has 2 aromatic rings. The molecule has 3 N–H and O–H groups in total. The Kier molecular flexibility index (Phi) is 11.4. The molecule has 3 saturated carbocycles. The summed E-state index contributed by atoms with van der Waals surface area (Å²) >= 11 is 6.09. The van der Waals surface area contributed by atoms with Gasteiger partial charge in [0.15, 0.2) is 5.82 Å². The van der Waals surface area contributed by atoms with Crippen LogP contribution in [0.25, 0.3) is 0 Å². The average Bonchev–Trinajstić information content (AvgIpc) is 4.05. The van der Waals surface area contributed by atoms with Gasteiger partial charge in [0.25, 0.3) is 5.89 Å². The number of hydrogen-bond donors (Lipinski definition) is 3. The highest BCUT2D eigenvalue weighted by molar-refractivity contribution is 7.88. The number of rotatable bonds is 16. The number of carbonyl (C=O) groups is 3. The van der Waals surface area contributed by atoms with Crippen LogP contribution in [0.15, 0.2) is 28.8 Å². The quantitative estimate of drug-likeness (QED) is 0.212. The Morgan fingerprint density at radius 3 is 2.46 bits per heavy atom. The molecule has 1 aromatic heterocycles. The maximum absolute atomic E-state index is 14.7. The van der Waals surface area contributed by atoms with E-state index in [-0.39, 0.29) is 36.8 Å². The van der Waals surface area contributed by atoms with E-state index < -0.39 is 51.3 Å². The molecule has 0 radical (unpaired) electrons. The number of nitrogens with zero attached hydrogens (tertiary/aromatic N) is 3. The third-order valence-electron chi connectivity index (χ3n) is 11.8. The summed E-state index contributed by atoms with van der Waals surface area (Å²) in [6, 6.07) is 5.36. The standard InChI is InChI=1S/C37H51ClN6O7S/c1-52(48,49)43-29(14-9-23-15-17-39-18-16-23)35(46)44-21-31(50-22-25-7-12-27(38)13-8-25)28-20-37(28,44)36(47)40-30(19-24-5-3-2-4-6-24)32(45)34-41-33(42-51-34)26-10-11-26/h7-8,12-13,23-24,26,28-31,39,43H,2-6,9-11,14-22H2,1H3,(H,40,47)/t28?,29-,30+,31+,37?/m1/s1. The molecule has 5 atom stereocenters. The number of benzene rings is 1. The zero-order chi connectivity index (χ0) is 36.5. The Bertz CT molecular complexity index is 1710.